The molecule has 1 aromatic heterocycles. The summed E-state index contributed by atoms with van der Waals surface area (Å²) in [5.74, 6) is 2.50. The van der Waals surface area contributed by atoms with Gasteiger partial charge in [0, 0.05) is 37.6 Å². The summed E-state index contributed by atoms with van der Waals surface area (Å²) in [7, 11) is 0. The zero-order valence-electron chi connectivity index (χ0n) is 10.8. The van der Waals surface area contributed by atoms with Crippen molar-refractivity contribution in [3.05, 3.63) is 18.0 Å². The molecule has 0 radical (unpaired) electrons. The molecule has 2 rings (SSSR count). The molecule has 0 saturated carbocycles. The molecule has 1 saturated heterocycles. The molecule has 4 heteroatoms. The van der Waals surface area contributed by atoms with Gasteiger partial charge in [0.1, 0.15) is 0 Å². The average Bonchev–Trinajstić information content (AvgIpc) is 2.39. The monoisotopic (exact) mass is 234 g/mol. The predicted molar refractivity (Wildman–Crippen MR) is 69.7 cm³/mol. The summed E-state index contributed by atoms with van der Waals surface area (Å²) in [4.78, 5) is 11.0. The highest BCUT2D eigenvalue weighted by Crippen LogP contribution is 2.25. The second-order valence-corrected chi connectivity index (χ2v) is 5.16. The number of nitrogens with two attached hydrogens (primary N) is 1. The molecule has 0 amide bonds. The summed E-state index contributed by atoms with van der Waals surface area (Å²) in [6.07, 6.45) is 6.16. The number of anilines is 1. The number of piperidine rings is 1. The van der Waals surface area contributed by atoms with Gasteiger partial charge in [-0.15, -0.1) is 0 Å². The van der Waals surface area contributed by atoms with Crippen LogP contribution in [0.1, 0.15) is 32.3 Å². The smallest absolute Gasteiger partial charge is 0.225 e. The third-order valence-electron chi connectivity index (χ3n) is 3.69. The maximum atomic E-state index is 5.54. The van der Waals surface area contributed by atoms with Gasteiger partial charge in [-0.3, -0.25) is 0 Å². The first-order valence-corrected chi connectivity index (χ1v) is 6.46. The highest BCUT2D eigenvalue weighted by Gasteiger charge is 2.22. The van der Waals surface area contributed by atoms with Crippen LogP contribution in [0, 0.1) is 11.8 Å². The van der Waals surface area contributed by atoms with E-state index in [-0.39, 0.29) is 0 Å². The maximum Gasteiger partial charge on any atom is 0.225 e. The van der Waals surface area contributed by atoms with Crippen molar-refractivity contribution in [2.75, 3.05) is 18.0 Å². The van der Waals surface area contributed by atoms with Crippen molar-refractivity contribution in [1.82, 2.24) is 9.97 Å². The Morgan fingerprint density at radius 1 is 1.29 bits per heavy atom. The average molecular weight is 234 g/mol. The predicted octanol–water partition coefficient (Wildman–Crippen LogP) is 1.81. The third kappa shape index (κ3) is 2.94. The van der Waals surface area contributed by atoms with E-state index in [2.05, 4.69) is 28.7 Å². The summed E-state index contributed by atoms with van der Waals surface area (Å²) < 4.78 is 0. The number of nitrogens with zero attached hydrogens (tertiary/aromatic N) is 3. The fraction of sp³-hybridized carbons (Fsp3) is 0.692. The largest absolute Gasteiger partial charge is 0.341 e. The van der Waals surface area contributed by atoms with E-state index in [0.717, 1.165) is 36.4 Å². The molecule has 17 heavy (non-hydrogen) atoms. The van der Waals surface area contributed by atoms with Crippen LogP contribution in [-0.4, -0.2) is 23.1 Å². The Kier molecular flexibility index (Phi) is 3.94. The van der Waals surface area contributed by atoms with Gasteiger partial charge in [-0.1, -0.05) is 13.8 Å². The zero-order chi connectivity index (χ0) is 12.3. The van der Waals surface area contributed by atoms with E-state index in [1.807, 2.05) is 12.4 Å². The highest BCUT2D eigenvalue weighted by atomic mass is 15.2. The molecule has 2 N–H and O–H groups in total. The molecule has 0 unspecified atom stereocenters. The minimum Gasteiger partial charge on any atom is -0.341 e. The Morgan fingerprint density at radius 3 is 2.35 bits per heavy atom. The van der Waals surface area contributed by atoms with Gasteiger partial charge in [-0.2, -0.15) is 0 Å². The second-order valence-electron chi connectivity index (χ2n) is 5.16. The number of hydrogen-bond acceptors (Lipinski definition) is 4. The summed E-state index contributed by atoms with van der Waals surface area (Å²) in [6.45, 7) is 7.28. The minimum atomic E-state index is 0.510. The Morgan fingerprint density at radius 2 is 1.88 bits per heavy atom. The van der Waals surface area contributed by atoms with Crippen LogP contribution in [0.5, 0.6) is 0 Å². The number of hydrogen-bond donors (Lipinski definition) is 1. The van der Waals surface area contributed by atoms with Gasteiger partial charge in [-0.05, 0) is 24.7 Å². The van der Waals surface area contributed by atoms with Gasteiger partial charge in [0.05, 0.1) is 0 Å². The van der Waals surface area contributed by atoms with Gasteiger partial charge in [0.2, 0.25) is 5.95 Å². The van der Waals surface area contributed by atoms with Crippen molar-refractivity contribution in [3.63, 3.8) is 0 Å². The van der Waals surface area contributed by atoms with E-state index in [1.54, 1.807) is 0 Å². The first-order valence-electron chi connectivity index (χ1n) is 6.46. The lowest BCUT2D eigenvalue weighted by Crippen LogP contribution is -2.36. The lowest BCUT2D eigenvalue weighted by Gasteiger charge is -2.33. The minimum absolute atomic E-state index is 0.510. The molecule has 94 valence electrons. The van der Waals surface area contributed by atoms with Crippen LogP contribution in [0.2, 0.25) is 0 Å². The molecule has 1 fully saturated rings. The van der Waals surface area contributed by atoms with Crippen LogP contribution >= 0.6 is 0 Å². The SMILES string of the molecule is CC(C)C1CCN(c2ncc(CN)cn2)CC1. The van der Waals surface area contributed by atoms with Crippen molar-refractivity contribution in [1.29, 1.82) is 0 Å². The fourth-order valence-electron chi connectivity index (χ4n) is 2.38. The van der Waals surface area contributed by atoms with E-state index in [1.165, 1.54) is 12.8 Å². The van der Waals surface area contributed by atoms with Crippen molar-refractivity contribution in [2.24, 2.45) is 17.6 Å². The molecule has 1 aliphatic rings. The van der Waals surface area contributed by atoms with E-state index in [0.29, 0.717) is 6.54 Å². The highest BCUT2D eigenvalue weighted by molar-refractivity contribution is 5.30. The molecule has 0 spiro atoms. The summed E-state index contributed by atoms with van der Waals surface area (Å²) in [6, 6.07) is 0. The van der Waals surface area contributed by atoms with E-state index < -0.39 is 0 Å². The quantitative estimate of drug-likeness (QED) is 0.866. The molecule has 0 aromatic carbocycles. The lowest BCUT2D eigenvalue weighted by molar-refractivity contribution is 0.310. The topological polar surface area (TPSA) is 55.0 Å². The summed E-state index contributed by atoms with van der Waals surface area (Å²) in [5.41, 5.74) is 6.53. The molecular weight excluding hydrogens is 212 g/mol. The standard InChI is InChI=1S/C13H22N4/c1-10(2)12-3-5-17(6-4-12)13-15-8-11(7-14)9-16-13/h8-10,12H,3-7,14H2,1-2H3. The van der Waals surface area contributed by atoms with Gasteiger partial charge in [0.25, 0.3) is 0 Å². The zero-order valence-corrected chi connectivity index (χ0v) is 10.8. The van der Waals surface area contributed by atoms with Crippen LogP contribution in [0.3, 0.4) is 0 Å². The van der Waals surface area contributed by atoms with Gasteiger partial charge >= 0.3 is 0 Å². The van der Waals surface area contributed by atoms with E-state index in [9.17, 15) is 0 Å². The molecule has 1 aliphatic heterocycles. The van der Waals surface area contributed by atoms with Crippen LogP contribution in [0.4, 0.5) is 5.95 Å². The Bertz CT molecular complexity index is 339. The normalized spacial score (nSPS) is 17.8. The molecule has 0 aliphatic carbocycles. The molecule has 0 atom stereocenters. The first-order chi connectivity index (χ1) is 8.20. The van der Waals surface area contributed by atoms with Gasteiger partial charge < -0.3 is 10.6 Å². The van der Waals surface area contributed by atoms with Crippen molar-refractivity contribution in [3.8, 4) is 0 Å². The second kappa shape index (κ2) is 5.45. The lowest BCUT2D eigenvalue weighted by atomic mass is 9.87. The Labute approximate surface area is 103 Å². The third-order valence-corrected chi connectivity index (χ3v) is 3.69. The van der Waals surface area contributed by atoms with Gasteiger partial charge in [0.15, 0.2) is 0 Å². The van der Waals surface area contributed by atoms with Crippen LogP contribution in [-0.2, 0) is 6.54 Å². The van der Waals surface area contributed by atoms with E-state index >= 15 is 0 Å². The van der Waals surface area contributed by atoms with Gasteiger partial charge in [-0.25, -0.2) is 9.97 Å². The number of aromatic nitrogens is 2. The molecule has 1 aromatic rings. The Hall–Kier alpha value is -1.16. The molecule has 2 heterocycles. The Balaban J connectivity index is 1.95. The first kappa shape index (κ1) is 12.3. The van der Waals surface area contributed by atoms with Crippen LogP contribution in [0.25, 0.3) is 0 Å². The van der Waals surface area contributed by atoms with E-state index in [4.69, 9.17) is 5.73 Å². The van der Waals surface area contributed by atoms with Crippen molar-refractivity contribution >= 4 is 5.95 Å². The summed E-state index contributed by atoms with van der Waals surface area (Å²) in [5, 5.41) is 0. The summed E-state index contributed by atoms with van der Waals surface area (Å²) >= 11 is 0. The maximum absolute atomic E-state index is 5.54. The van der Waals surface area contributed by atoms with Crippen LogP contribution in [0.15, 0.2) is 12.4 Å². The van der Waals surface area contributed by atoms with Crippen molar-refractivity contribution < 1.29 is 0 Å². The molecular formula is C13H22N4. The molecule has 4 nitrogen and oxygen atoms in total. The van der Waals surface area contributed by atoms with Crippen molar-refractivity contribution in [2.45, 2.75) is 33.2 Å². The van der Waals surface area contributed by atoms with Crippen LogP contribution < -0.4 is 10.6 Å². The molecule has 0 bridgehead atoms. The fourth-order valence-corrected chi connectivity index (χ4v) is 2.38. The number of rotatable bonds is 3.